The molecule has 0 heterocycles. The van der Waals surface area contributed by atoms with Crippen molar-refractivity contribution in [2.24, 2.45) is 5.92 Å². The molecule has 0 bridgehead atoms. The molecule has 0 atom stereocenters. The van der Waals surface area contributed by atoms with E-state index in [9.17, 15) is 9.90 Å². The van der Waals surface area contributed by atoms with Gasteiger partial charge in [0.05, 0.1) is 5.56 Å². The van der Waals surface area contributed by atoms with Crippen molar-refractivity contribution < 1.29 is 9.90 Å². The van der Waals surface area contributed by atoms with Crippen LogP contribution in [-0.4, -0.2) is 54.6 Å². The van der Waals surface area contributed by atoms with E-state index in [2.05, 4.69) is 37.7 Å². The van der Waals surface area contributed by atoms with E-state index in [0.717, 1.165) is 25.2 Å². The van der Waals surface area contributed by atoms with E-state index in [-0.39, 0.29) is 0 Å². The SMILES string of the molecule is CC(C)CN(CCN(C)C)Cc1ccccc1C(=O)O. The Bertz CT molecular complexity index is 430. The summed E-state index contributed by atoms with van der Waals surface area (Å²) in [6, 6.07) is 7.27. The number of carboxylic acids is 1. The summed E-state index contributed by atoms with van der Waals surface area (Å²) in [5, 5.41) is 9.25. The maximum absolute atomic E-state index is 11.3. The zero-order chi connectivity index (χ0) is 15.1. The van der Waals surface area contributed by atoms with E-state index < -0.39 is 5.97 Å². The fraction of sp³-hybridized carbons (Fsp3) is 0.562. The first-order valence-corrected chi connectivity index (χ1v) is 7.08. The quantitative estimate of drug-likeness (QED) is 0.793. The third kappa shape index (κ3) is 5.72. The summed E-state index contributed by atoms with van der Waals surface area (Å²) < 4.78 is 0. The van der Waals surface area contributed by atoms with Gasteiger partial charge in [0.2, 0.25) is 0 Å². The highest BCUT2D eigenvalue weighted by atomic mass is 16.4. The first-order valence-electron chi connectivity index (χ1n) is 7.08. The van der Waals surface area contributed by atoms with Crippen LogP contribution in [0.15, 0.2) is 24.3 Å². The second-order valence-electron chi connectivity index (χ2n) is 5.89. The van der Waals surface area contributed by atoms with E-state index in [1.807, 2.05) is 12.1 Å². The molecule has 4 heteroatoms. The average Bonchev–Trinajstić information content (AvgIpc) is 2.35. The Morgan fingerprint density at radius 1 is 1.20 bits per heavy atom. The van der Waals surface area contributed by atoms with Crippen LogP contribution in [-0.2, 0) is 6.54 Å². The highest BCUT2D eigenvalue weighted by molar-refractivity contribution is 5.89. The molecule has 112 valence electrons. The van der Waals surface area contributed by atoms with Crippen molar-refractivity contribution in [2.75, 3.05) is 33.7 Å². The molecule has 4 nitrogen and oxygen atoms in total. The van der Waals surface area contributed by atoms with Crippen molar-refractivity contribution >= 4 is 5.97 Å². The van der Waals surface area contributed by atoms with Gasteiger partial charge >= 0.3 is 5.97 Å². The maximum Gasteiger partial charge on any atom is 0.336 e. The lowest BCUT2D eigenvalue weighted by molar-refractivity contribution is 0.0694. The largest absolute Gasteiger partial charge is 0.478 e. The Hall–Kier alpha value is -1.39. The van der Waals surface area contributed by atoms with Gasteiger partial charge in [0.1, 0.15) is 0 Å². The van der Waals surface area contributed by atoms with Crippen molar-refractivity contribution in [1.82, 2.24) is 9.80 Å². The molecule has 20 heavy (non-hydrogen) atoms. The average molecular weight is 278 g/mol. The minimum absolute atomic E-state index is 0.408. The smallest absolute Gasteiger partial charge is 0.336 e. The highest BCUT2D eigenvalue weighted by Crippen LogP contribution is 2.13. The summed E-state index contributed by atoms with van der Waals surface area (Å²) >= 11 is 0. The van der Waals surface area contributed by atoms with Gasteiger partial charge < -0.3 is 10.0 Å². The number of rotatable bonds is 8. The summed E-state index contributed by atoms with van der Waals surface area (Å²) in [7, 11) is 4.11. The lowest BCUT2D eigenvalue weighted by atomic mass is 10.1. The first-order chi connectivity index (χ1) is 9.40. The Kier molecular flexibility index (Phi) is 6.68. The predicted octanol–water partition coefficient (Wildman–Crippen LogP) is 2.40. The fourth-order valence-electron chi connectivity index (χ4n) is 2.20. The number of likely N-dealkylation sites (N-methyl/N-ethyl adjacent to an activating group) is 1. The Morgan fingerprint density at radius 2 is 1.85 bits per heavy atom. The standard InChI is InChI=1S/C16H26N2O2/c1-13(2)11-18(10-9-17(3)4)12-14-7-5-6-8-15(14)16(19)20/h5-8,13H,9-12H2,1-4H3,(H,19,20). The number of carbonyl (C=O) groups is 1. The van der Waals surface area contributed by atoms with Crippen LogP contribution in [0, 0.1) is 5.92 Å². The third-order valence-corrected chi connectivity index (χ3v) is 3.13. The van der Waals surface area contributed by atoms with E-state index in [1.54, 1.807) is 12.1 Å². The summed E-state index contributed by atoms with van der Waals surface area (Å²) in [6.45, 7) is 7.95. The van der Waals surface area contributed by atoms with Crippen LogP contribution in [0.5, 0.6) is 0 Å². The molecule has 0 fully saturated rings. The van der Waals surface area contributed by atoms with E-state index >= 15 is 0 Å². The molecule has 1 aromatic carbocycles. The molecule has 0 aromatic heterocycles. The van der Waals surface area contributed by atoms with Gasteiger partial charge in [0.15, 0.2) is 0 Å². The number of hydrogen-bond acceptors (Lipinski definition) is 3. The molecule has 0 amide bonds. The van der Waals surface area contributed by atoms with Crippen LogP contribution in [0.2, 0.25) is 0 Å². The molecule has 0 unspecified atom stereocenters. The van der Waals surface area contributed by atoms with Crippen molar-refractivity contribution in [2.45, 2.75) is 20.4 Å². The summed E-state index contributed by atoms with van der Waals surface area (Å²) in [5.41, 5.74) is 1.30. The van der Waals surface area contributed by atoms with Gasteiger partial charge in [0, 0.05) is 26.2 Å². The van der Waals surface area contributed by atoms with E-state index in [1.165, 1.54) is 0 Å². The molecule has 0 saturated carbocycles. The molecule has 0 aliphatic rings. The summed E-state index contributed by atoms with van der Waals surface area (Å²) in [5.74, 6) is -0.285. The summed E-state index contributed by atoms with van der Waals surface area (Å²) in [4.78, 5) is 15.7. The Balaban J connectivity index is 2.80. The van der Waals surface area contributed by atoms with Crippen molar-refractivity contribution in [3.8, 4) is 0 Å². The topological polar surface area (TPSA) is 43.8 Å². The predicted molar refractivity (Wildman–Crippen MR) is 82.1 cm³/mol. The normalized spacial score (nSPS) is 11.6. The molecule has 0 saturated heterocycles. The molecule has 0 radical (unpaired) electrons. The molecule has 0 spiro atoms. The van der Waals surface area contributed by atoms with Gasteiger partial charge in [-0.1, -0.05) is 32.0 Å². The molecule has 1 aromatic rings. The maximum atomic E-state index is 11.3. The van der Waals surface area contributed by atoms with E-state index in [0.29, 0.717) is 18.0 Å². The number of benzene rings is 1. The second kappa shape index (κ2) is 8.02. The van der Waals surface area contributed by atoms with Crippen LogP contribution >= 0.6 is 0 Å². The van der Waals surface area contributed by atoms with Crippen LogP contribution in [0.4, 0.5) is 0 Å². The zero-order valence-corrected chi connectivity index (χ0v) is 13.0. The van der Waals surface area contributed by atoms with Crippen LogP contribution < -0.4 is 0 Å². The molecule has 1 rings (SSSR count). The monoisotopic (exact) mass is 278 g/mol. The molecule has 0 aliphatic carbocycles. The Labute approximate surface area is 122 Å². The first kappa shape index (κ1) is 16.7. The van der Waals surface area contributed by atoms with Crippen molar-refractivity contribution in [3.63, 3.8) is 0 Å². The zero-order valence-electron chi connectivity index (χ0n) is 13.0. The number of hydrogen-bond donors (Lipinski definition) is 1. The minimum atomic E-state index is -0.849. The third-order valence-electron chi connectivity index (χ3n) is 3.13. The molecule has 0 aliphatic heterocycles. The van der Waals surface area contributed by atoms with Crippen LogP contribution in [0.3, 0.4) is 0 Å². The van der Waals surface area contributed by atoms with Crippen LogP contribution in [0.1, 0.15) is 29.8 Å². The minimum Gasteiger partial charge on any atom is -0.478 e. The summed E-state index contributed by atoms with van der Waals surface area (Å²) in [6.07, 6.45) is 0. The van der Waals surface area contributed by atoms with Crippen molar-refractivity contribution in [3.05, 3.63) is 35.4 Å². The van der Waals surface area contributed by atoms with Crippen LogP contribution in [0.25, 0.3) is 0 Å². The second-order valence-corrected chi connectivity index (χ2v) is 5.89. The van der Waals surface area contributed by atoms with Gasteiger partial charge in [-0.3, -0.25) is 4.90 Å². The van der Waals surface area contributed by atoms with Gasteiger partial charge in [-0.2, -0.15) is 0 Å². The molecular weight excluding hydrogens is 252 g/mol. The number of carboxylic acid groups (broad SMARTS) is 1. The lowest BCUT2D eigenvalue weighted by Crippen LogP contribution is -2.34. The van der Waals surface area contributed by atoms with Gasteiger partial charge in [0.25, 0.3) is 0 Å². The van der Waals surface area contributed by atoms with Gasteiger partial charge in [-0.25, -0.2) is 4.79 Å². The van der Waals surface area contributed by atoms with Gasteiger partial charge in [-0.05, 0) is 31.6 Å². The number of nitrogens with zero attached hydrogens (tertiary/aromatic N) is 2. The Morgan fingerprint density at radius 3 is 2.40 bits per heavy atom. The highest BCUT2D eigenvalue weighted by Gasteiger charge is 2.14. The number of aromatic carboxylic acids is 1. The van der Waals surface area contributed by atoms with Crippen molar-refractivity contribution in [1.29, 1.82) is 0 Å². The lowest BCUT2D eigenvalue weighted by Gasteiger charge is -2.26. The van der Waals surface area contributed by atoms with E-state index in [4.69, 9.17) is 0 Å². The fourth-order valence-corrected chi connectivity index (χ4v) is 2.20. The van der Waals surface area contributed by atoms with Gasteiger partial charge in [-0.15, -0.1) is 0 Å². The molecule has 1 N–H and O–H groups in total. The molecular formula is C16H26N2O2.